The van der Waals surface area contributed by atoms with Crippen LogP contribution in [0.5, 0.6) is 0 Å². The minimum absolute atomic E-state index is 0.0177. The Morgan fingerprint density at radius 1 is 0.864 bits per heavy atom. The highest BCUT2D eigenvalue weighted by molar-refractivity contribution is 5.74. The molecule has 2 unspecified atom stereocenters. The third kappa shape index (κ3) is 4.35. The Morgan fingerprint density at radius 3 is 1.86 bits per heavy atom. The Labute approximate surface area is 132 Å². The molecule has 0 heterocycles. The van der Waals surface area contributed by atoms with Crippen molar-refractivity contribution in [1.29, 1.82) is 0 Å². The van der Waals surface area contributed by atoms with Crippen molar-refractivity contribution in [2.45, 2.75) is 39.3 Å². The van der Waals surface area contributed by atoms with Gasteiger partial charge < -0.3 is 10.6 Å². The first kappa shape index (κ1) is 16.1. The van der Waals surface area contributed by atoms with Gasteiger partial charge in [-0.3, -0.25) is 0 Å². The first-order valence-corrected chi connectivity index (χ1v) is 7.81. The van der Waals surface area contributed by atoms with Crippen LogP contribution in [0.25, 0.3) is 0 Å². The van der Waals surface area contributed by atoms with E-state index in [9.17, 15) is 4.79 Å². The van der Waals surface area contributed by atoms with Gasteiger partial charge in [-0.1, -0.05) is 61.5 Å². The fourth-order valence-electron chi connectivity index (χ4n) is 2.39. The lowest BCUT2D eigenvalue weighted by molar-refractivity contribution is 0.235. The van der Waals surface area contributed by atoms with Gasteiger partial charge in [0.05, 0.1) is 12.1 Å². The second kappa shape index (κ2) is 7.64. The van der Waals surface area contributed by atoms with Crippen LogP contribution in [0.15, 0.2) is 54.6 Å². The lowest BCUT2D eigenvalue weighted by Crippen LogP contribution is -2.38. The molecule has 0 radical (unpaired) electrons. The van der Waals surface area contributed by atoms with E-state index < -0.39 is 0 Å². The smallest absolute Gasteiger partial charge is 0.315 e. The maximum absolute atomic E-state index is 12.1. The van der Waals surface area contributed by atoms with Crippen LogP contribution in [0.2, 0.25) is 0 Å². The molecule has 2 amide bonds. The van der Waals surface area contributed by atoms with Crippen LogP contribution < -0.4 is 10.6 Å². The van der Waals surface area contributed by atoms with E-state index in [1.807, 2.05) is 44.2 Å². The second-order valence-electron chi connectivity index (χ2n) is 5.57. The molecule has 0 aliphatic rings. The van der Waals surface area contributed by atoms with Gasteiger partial charge in [0.25, 0.3) is 0 Å². The van der Waals surface area contributed by atoms with Gasteiger partial charge in [0, 0.05) is 0 Å². The lowest BCUT2D eigenvalue weighted by Gasteiger charge is -2.19. The third-order valence-corrected chi connectivity index (χ3v) is 3.88. The Morgan fingerprint density at radius 2 is 1.36 bits per heavy atom. The normalized spacial score (nSPS) is 13.2. The summed E-state index contributed by atoms with van der Waals surface area (Å²) in [6.45, 7) is 6.11. The standard InChI is InChI=1S/C19H24N2O/c1-4-16-10-12-18(13-11-16)15(3)21-19(22)20-14(2)17-8-6-5-7-9-17/h5-15H,4H2,1-3H3,(H2,20,21,22). The van der Waals surface area contributed by atoms with E-state index >= 15 is 0 Å². The highest BCUT2D eigenvalue weighted by Crippen LogP contribution is 2.15. The molecule has 2 atom stereocenters. The lowest BCUT2D eigenvalue weighted by atomic mass is 10.1. The maximum atomic E-state index is 12.1. The quantitative estimate of drug-likeness (QED) is 0.845. The monoisotopic (exact) mass is 296 g/mol. The minimum atomic E-state index is -0.150. The predicted molar refractivity (Wildman–Crippen MR) is 90.8 cm³/mol. The van der Waals surface area contributed by atoms with Crippen LogP contribution in [-0.2, 0) is 6.42 Å². The van der Waals surface area contributed by atoms with E-state index in [1.54, 1.807) is 0 Å². The summed E-state index contributed by atoms with van der Waals surface area (Å²) in [4.78, 5) is 12.1. The van der Waals surface area contributed by atoms with Crippen molar-refractivity contribution >= 4 is 6.03 Å². The number of hydrogen-bond acceptors (Lipinski definition) is 1. The molecule has 3 nitrogen and oxygen atoms in total. The molecular formula is C19H24N2O. The van der Waals surface area contributed by atoms with Crippen LogP contribution >= 0.6 is 0 Å². The molecule has 0 fully saturated rings. The van der Waals surface area contributed by atoms with Crippen molar-refractivity contribution in [3.05, 3.63) is 71.3 Å². The topological polar surface area (TPSA) is 41.1 Å². The number of hydrogen-bond donors (Lipinski definition) is 2. The van der Waals surface area contributed by atoms with Crippen LogP contribution in [-0.4, -0.2) is 6.03 Å². The third-order valence-electron chi connectivity index (χ3n) is 3.88. The van der Waals surface area contributed by atoms with Crippen LogP contribution in [0.1, 0.15) is 49.5 Å². The first-order chi connectivity index (χ1) is 10.6. The molecule has 2 aromatic carbocycles. The SMILES string of the molecule is CCc1ccc(C(C)NC(=O)NC(C)c2ccccc2)cc1. The van der Waals surface area contributed by atoms with Gasteiger partial charge in [0.15, 0.2) is 0 Å². The number of urea groups is 1. The molecule has 2 aromatic rings. The molecule has 3 heteroatoms. The summed E-state index contributed by atoms with van der Waals surface area (Å²) in [6, 6.07) is 18.1. The average molecular weight is 296 g/mol. The average Bonchev–Trinajstić information content (AvgIpc) is 2.55. The van der Waals surface area contributed by atoms with Crippen LogP contribution in [0, 0.1) is 0 Å². The summed E-state index contributed by atoms with van der Waals surface area (Å²) in [7, 11) is 0. The van der Waals surface area contributed by atoms with Crippen molar-refractivity contribution in [2.24, 2.45) is 0 Å². The van der Waals surface area contributed by atoms with E-state index in [2.05, 4.69) is 41.8 Å². The number of carbonyl (C=O) groups is 1. The molecule has 2 rings (SSSR count). The first-order valence-electron chi connectivity index (χ1n) is 7.81. The summed E-state index contributed by atoms with van der Waals surface area (Å²) < 4.78 is 0. The van der Waals surface area contributed by atoms with E-state index in [1.165, 1.54) is 5.56 Å². The fraction of sp³-hybridized carbons (Fsp3) is 0.316. The highest BCUT2D eigenvalue weighted by Gasteiger charge is 2.12. The molecule has 2 N–H and O–H groups in total. The molecule has 0 spiro atoms. The van der Waals surface area contributed by atoms with Gasteiger partial charge >= 0.3 is 6.03 Å². The molecule has 0 aliphatic carbocycles. The predicted octanol–water partition coefficient (Wildman–Crippen LogP) is 4.37. The van der Waals surface area contributed by atoms with E-state index in [-0.39, 0.29) is 18.1 Å². The summed E-state index contributed by atoms with van der Waals surface area (Å²) in [5.41, 5.74) is 3.51. The maximum Gasteiger partial charge on any atom is 0.315 e. The molecule has 0 bridgehead atoms. The highest BCUT2D eigenvalue weighted by atomic mass is 16.2. The number of carbonyl (C=O) groups excluding carboxylic acids is 1. The fourth-order valence-corrected chi connectivity index (χ4v) is 2.39. The Balaban J connectivity index is 1.90. The largest absolute Gasteiger partial charge is 0.332 e. The van der Waals surface area contributed by atoms with Crippen molar-refractivity contribution in [2.75, 3.05) is 0 Å². The van der Waals surface area contributed by atoms with Gasteiger partial charge in [-0.2, -0.15) is 0 Å². The zero-order valence-electron chi connectivity index (χ0n) is 13.5. The number of benzene rings is 2. The zero-order chi connectivity index (χ0) is 15.9. The van der Waals surface area contributed by atoms with E-state index in [0.717, 1.165) is 17.5 Å². The zero-order valence-corrected chi connectivity index (χ0v) is 13.5. The second-order valence-corrected chi connectivity index (χ2v) is 5.57. The van der Waals surface area contributed by atoms with Crippen LogP contribution in [0.4, 0.5) is 4.79 Å². The Kier molecular flexibility index (Phi) is 5.59. The van der Waals surface area contributed by atoms with Crippen molar-refractivity contribution in [3.63, 3.8) is 0 Å². The van der Waals surface area contributed by atoms with Crippen LogP contribution in [0.3, 0.4) is 0 Å². The van der Waals surface area contributed by atoms with Gasteiger partial charge in [-0.25, -0.2) is 4.79 Å². The number of rotatable bonds is 5. The van der Waals surface area contributed by atoms with Gasteiger partial charge in [-0.15, -0.1) is 0 Å². The number of nitrogens with one attached hydrogen (secondary N) is 2. The molecule has 0 saturated carbocycles. The van der Waals surface area contributed by atoms with Gasteiger partial charge in [0.1, 0.15) is 0 Å². The Bertz CT molecular complexity index is 593. The van der Waals surface area contributed by atoms with Crippen molar-refractivity contribution < 1.29 is 4.79 Å². The summed E-state index contributed by atoms with van der Waals surface area (Å²) in [6.07, 6.45) is 1.02. The van der Waals surface area contributed by atoms with Gasteiger partial charge in [-0.05, 0) is 37.0 Å². The molecule has 22 heavy (non-hydrogen) atoms. The minimum Gasteiger partial charge on any atom is -0.332 e. The molecule has 0 aliphatic heterocycles. The van der Waals surface area contributed by atoms with E-state index in [4.69, 9.17) is 0 Å². The molecule has 116 valence electrons. The van der Waals surface area contributed by atoms with Crippen molar-refractivity contribution in [1.82, 2.24) is 10.6 Å². The van der Waals surface area contributed by atoms with Crippen molar-refractivity contribution in [3.8, 4) is 0 Å². The van der Waals surface area contributed by atoms with Gasteiger partial charge in [0.2, 0.25) is 0 Å². The number of amides is 2. The Hall–Kier alpha value is -2.29. The summed E-state index contributed by atoms with van der Waals surface area (Å²) >= 11 is 0. The number of aryl methyl sites for hydroxylation is 1. The summed E-state index contributed by atoms with van der Waals surface area (Å²) in [5.74, 6) is 0. The summed E-state index contributed by atoms with van der Waals surface area (Å²) in [5, 5.41) is 5.95. The molecule has 0 saturated heterocycles. The van der Waals surface area contributed by atoms with E-state index in [0.29, 0.717) is 0 Å². The molecule has 0 aromatic heterocycles. The molecular weight excluding hydrogens is 272 g/mol.